The summed E-state index contributed by atoms with van der Waals surface area (Å²) < 4.78 is 5.98. The van der Waals surface area contributed by atoms with Crippen molar-refractivity contribution >= 4 is 5.69 Å². The maximum absolute atomic E-state index is 5.98. The minimum Gasteiger partial charge on any atom is -0.367 e. The van der Waals surface area contributed by atoms with Crippen molar-refractivity contribution in [2.75, 3.05) is 24.5 Å². The molecule has 1 fully saturated rings. The highest BCUT2D eigenvalue weighted by atomic mass is 16.5. The molecule has 1 aromatic carbocycles. The maximum atomic E-state index is 5.98. The van der Waals surface area contributed by atoms with Gasteiger partial charge in [-0.25, -0.2) is 0 Å². The van der Waals surface area contributed by atoms with Crippen LogP contribution in [0, 0.1) is 13.8 Å². The second-order valence-electron chi connectivity index (χ2n) is 5.83. The van der Waals surface area contributed by atoms with Gasteiger partial charge in [0.2, 0.25) is 0 Å². The summed E-state index contributed by atoms with van der Waals surface area (Å²) in [7, 11) is 0. The molecule has 0 bridgehead atoms. The molecule has 18 heavy (non-hydrogen) atoms. The van der Waals surface area contributed by atoms with Crippen LogP contribution in [0.25, 0.3) is 0 Å². The molecule has 1 heterocycles. The summed E-state index contributed by atoms with van der Waals surface area (Å²) in [6.07, 6.45) is 0.119. The Kier molecular flexibility index (Phi) is 3.64. The van der Waals surface area contributed by atoms with Crippen LogP contribution in [0.1, 0.15) is 25.0 Å². The molecule has 1 aliphatic heterocycles. The molecule has 100 valence electrons. The van der Waals surface area contributed by atoms with Gasteiger partial charge in [-0.3, -0.25) is 0 Å². The highest BCUT2D eigenvalue weighted by Gasteiger charge is 2.33. The maximum Gasteiger partial charge on any atom is 0.0879 e. The average molecular weight is 248 g/mol. The van der Waals surface area contributed by atoms with Gasteiger partial charge in [0.1, 0.15) is 0 Å². The summed E-state index contributed by atoms with van der Waals surface area (Å²) in [5.41, 5.74) is 9.64. The number of nitrogens with zero attached hydrogens (tertiary/aromatic N) is 1. The average Bonchev–Trinajstić information content (AvgIpc) is 2.30. The fraction of sp³-hybridized carbons (Fsp3) is 0.600. The molecule has 0 spiro atoms. The van der Waals surface area contributed by atoms with Crippen LogP contribution in [0.5, 0.6) is 0 Å². The summed E-state index contributed by atoms with van der Waals surface area (Å²) in [6, 6.07) is 6.47. The minimum absolute atomic E-state index is 0.119. The minimum atomic E-state index is -0.140. The van der Waals surface area contributed by atoms with E-state index in [2.05, 4.69) is 50.8 Å². The van der Waals surface area contributed by atoms with Crippen LogP contribution < -0.4 is 10.6 Å². The van der Waals surface area contributed by atoms with E-state index >= 15 is 0 Å². The Hall–Kier alpha value is -1.06. The van der Waals surface area contributed by atoms with Crippen molar-refractivity contribution in [1.29, 1.82) is 0 Å². The number of hydrogen-bond acceptors (Lipinski definition) is 3. The van der Waals surface area contributed by atoms with E-state index in [1.54, 1.807) is 0 Å². The van der Waals surface area contributed by atoms with Crippen LogP contribution >= 0.6 is 0 Å². The van der Waals surface area contributed by atoms with Crippen molar-refractivity contribution in [2.24, 2.45) is 5.73 Å². The van der Waals surface area contributed by atoms with E-state index in [1.165, 1.54) is 16.8 Å². The van der Waals surface area contributed by atoms with Gasteiger partial charge in [0, 0.05) is 25.3 Å². The van der Waals surface area contributed by atoms with Crippen LogP contribution in [-0.2, 0) is 4.74 Å². The van der Waals surface area contributed by atoms with E-state index in [1.807, 2.05) is 0 Å². The molecule has 2 rings (SSSR count). The molecule has 0 aromatic heterocycles. The van der Waals surface area contributed by atoms with E-state index in [-0.39, 0.29) is 11.7 Å². The van der Waals surface area contributed by atoms with Crippen LogP contribution in [-0.4, -0.2) is 31.3 Å². The van der Waals surface area contributed by atoms with E-state index in [0.29, 0.717) is 6.54 Å². The summed E-state index contributed by atoms with van der Waals surface area (Å²) in [4.78, 5) is 2.41. The van der Waals surface area contributed by atoms with Crippen molar-refractivity contribution in [3.8, 4) is 0 Å². The molecule has 1 unspecified atom stereocenters. The number of nitrogens with two attached hydrogens (primary N) is 1. The summed E-state index contributed by atoms with van der Waals surface area (Å²) in [5, 5.41) is 0. The number of hydrogen-bond donors (Lipinski definition) is 1. The van der Waals surface area contributed by atoms with Gasteiger partial charge in [-0.2, -0.15) is 0 Å². The lowest BCUT2D eigenvalue weighted by Crippen LogP contribution is -2.55. The zero-order valence-corrected chi connectivity index (χ0v) is 11.9. The molecule has 1 aliphatic rings. The van der Waals surface area contributed by atoms with Crippen molar-refractivity contribution in [2.45, 2.75) is 39.4 Å². The molecule has 3 nitrogen and oxygen atoms in total. The van der Waals surface area contributed by atoms with Gasteiger partial charge in [0.25, 0.3) is 0 Å². The fourth-order valence-electron chi connectivity index (χ4n) is 2.68. The van der Waals surface area contributed by atoms with Crippen molar-refractivity contribution in [3.05, 3.63) is 29.3 Å². The number of ether oxygens (including phenoxy) is 1. The fourth-order valence-corrected chi connectivity index (χ4v) is 2.68. The Morgan fingerprint density at radius 2 is 2.11 bits per heavy atom. The molecular weight excluding hydrogens is 224 g/mol. The lowest BCUT2D eigenvalue weighted by Gasteiger charge is -2.44. The first-order chi connectivity index (χ1) is 8.43. The molecule has 0 saturated carbocycles. The lowest BCUT2D eigenvalue weighted by atomic mass is 10.0. The third kappa shape index (κ3) is 2.68. The van der Waals surface area contributed by atoms with E-state index < -0.39 is 0 Å². The first kappa shape index (κ1) is 13.4. The Labute approximate surface area is 110 Å². The second kappa shape index (κ2) is 4.90. The Bertz CT molecular complexity index is 429. The van der Waals surface area contributed by atoms with Crippen molar-refractivity contribution in [1.82, 2.24) is 0 Å². The first-order valence-corrected chi connectivity index (χ1v) is 6.62. The van der Waals surface area contributed by atoms with Gasteiger partial charge in [-0.1, -0.05) is 12.1 Å². The monoisotopic (exact) mass is 248 g/mol. The van der Waals surface area contributed by atoms with Gasteiger partial charge in [-0.05, 0) is 44.9 Å². The van der Waals surface area contributed by atoms with Crippen LogP contribution in [0.15, 0.2) is 18.2 Å². The molecule has 2 N–H and O–H groups in total. The third-order valence-electron chi connectivity index (χ3n) is 3.66. The number of aryl methyl sites for hydroxylation is 1. The zero-order chi connectivity index (χ0) is 13.3. The summed E-state index contributed by atoms with van der Waals surface area (Å²) in [5.74, 6) is 0. The van der Waals surface area contributed by atoms with Gasteiger partial charge >= 0.3 is 0 Å². The van der Waals surface area contributed by atoms with E-state index in [0.717, 1.165) is 13.1 Å². The molecule has 1 aromatic rings. The van der Waals surface area contributed by atoms with Crippen LogP contribution in [0.2, 0.25) is 0 Å². The Morgan fingerprint density at radius 1 is 1.39 bits per heavy atom. The normalized spacial score (nSPS) is 23.2. The topological polar surface area (TPSA) is 38.5 Å². The van der Waals surface area contributed by atoms with Gasteiger partial charge in [-0.15, -0.1) is 0 Å². The van der Waals surface area contributed by atoms with Gasteiger partial charge in [0.05, 0.1) is 11.7 Å². The number of rotatable bonds is 2. The molecule has 3 heteroatoms. The molecule has 1 saturated heterocycles. The highest BCUT2D eigenvalue weighted by molar-refractivity contribution is 5.56. The van der Waals surface area contributed by atoms with E-state index in [9.17, 15) is 0 Å². The zero-order valence-electron chi connectivity index (χ0n) is 11.9. The molecule has 0 radical (unpaired) electrons. The molecule has 0 amide bonds. The number of morpholine rings is 1. The lowest BCUT2D eigenvalue weighted by molar-refractivity contribution is -0.0788. The highest BCUT2D eigenvalue weighted by Crippen LogP contribution is 2.29. The summed E-state index contributed by atoms with van der Waals surface area (Å²) >= 11 is 0. The summed E-state index contributed by atoms with van der Waals surface area (Å²) in [6.45, 7) is 11.0. The molecular formula is C15H24N2O. The van der Waals surface area contributed by atoms with Crippen LogP contribution in [0.3, 0.4) is 0 Å². The second-order valence-corrected chi connectivity index (χ2v) is 5.83. The smallest absolute Gasteiger partial charge is 0.0879 e. The van der Waals surface area contributed by atoms with Crippen molar-refractivity contribution < 1.29 is 4.74 Å². The van der Waals surface area contributed by atoms with E-state index in [4.69, 9.17) is 10.5 Å². The van der Waals surface area contributed by atoms with Gasteiger partial charge < -0.3 is 15.4 Å². The van der Waals surface area contributed by atoms with Crippen LogP contribution in [0.4, 0.5) is 5.69 Å². The molecule has 0 aliphatic carbocycles. The largest absolute Gasteiger partial charge is 0.367 e. The number of anilines is 1. The number of benzene rings is 1. The predicted octanol–water partition coefficient (Wildman–Crippen LogP) is 2.25. The van der Waals surface area contributed by atoms with Crippen molar-refractivity contribution in [3.63, 3.8) is 0 Å². The molecule has 1 atom stereocenters. The third-order valence-corrected chi connectivity index (χ3v) is 3.66. The standard InChI is InChI=1S/C15H24N2O/c1-11-6-5-7-14(12(11)2)17-9-13(8-16)18-15(3,4)10-17/h5-7,13H,8-10,16H2,1-4H3. The first-order valence-electron chi connectivity index (χ1n) is 6.62. The predicted molar refractivity (Wildman–Crippen MR) is 76.1 cm³/mol. The quantitative estimate of drug-likeness (QED) is 0.872. The SMILES string of the molecule is Cc1cccc(N2CC(CN)OC(C)(C)C2)c1C. The Morgan fingerprint density at radius 3 is 2.78 bits per heavy atom. The Balaban J connectivity index is 2.29. The van der Waals surface area contributed by atoms with Gasteiger partial charge in [0.15, 0.2) is 0 Å².